The van der Waals surface area contributed by atoms with E-state index in [9.17, 15) is 9.13 Å². The monoisotopic (exact) mass is 330 g/mol. The van der Waals surface area contributed by atoms with Crippen molar-refractivity contribution < 1.29 is 32.5 Å². The van der Waals surface area contributed by atoms with E-state index in [-0.39, 0.29) is 0 Å². The number of hydrogen-bond donors (Lipinski definition) is 2. The van der Waals surface area contributed by atoms with E-state index < -0.39 is 22.3 Å². The summed E-state index contributed by atoms with van der Waals surface area (Å²) in [4.78, 5) is 16.0. The molecule has 0 aliphatic rings. The molecule has 1 heterocycles. The van der Waals surface area contributed by atoms with Crippen LogP contribution in [0.5, 0.6) is 0 Å². The molecule has 0 aromatic carbocycles. The van der Waals surface area contributed by atoms with Gasteiger partial charge in [0.2, 0.25) is 0 Å². The summed E-state index contributed by atoms with van der Waals surface area (Å²) in [7, 11) is -5.83. The van der Waals surface area contributed by atoms with Gasteiger partial charge in [0.25, 0.3) is 0 Å². The van der Waals surface area contributed by atoms with Crippen LogP contribution in [0.2, 0.25) is 0 Å². The average molecular weight is 331 g/mol. The van der Waals surface area contributed by atoms with Crippen LogP contribution in [-0.4, -0.2) is 15.5 Å². The van der Waals surface area contributed by atoms with Gasteiger partial charge in [-0.05, 0) is 13.8 Å². The van der Waals surface area contributed by atoms with Gasteiger partial charge >= 0.3 is 22.3 Å². The fraction of sp³-hybridized carbons (Fsp3) is 0.444. The third-order valence-corrected chi connectivity index (χ3v) is 2.85. The van der Waals surface area contributed by atoms with Crippen LogP contribution < -0.4 is 4.57 Å². The van der Waals surface area contributed by atoms with Crippen molar-refractivity contribution in [2.24, 2.45) is 0 Å². The summed E-state index contributed by atoms with van der Waals surface area (Å²) in [5.41, 5.74) is 0. The van der Waals surface area contributed by atoms with E-state index in [2.05, 4.69) is 39.9 Å². The van der Waals surface area contributed by atoms with Gasteiger partial charge < -0.3 is 0 Å². The highest BCUT2D eigenvalue weighted by Crippen LogP contribution is 2.27. The van der Waals surface area contributed by atoms with Crippen LogP contribution in [-0.2, 0) is 18.2 Å². The third-order valence-electron chi connectivity index (χ3n) is 1.68. The van der Waals surface area contributed by atoms with Crippen molar-refractivity contribution in [1.82, 2.24) is 0 Å². The van der Waals surface area contributed by atoms with Gasteiger partial charge in [-0.1, -0.05) is 26.7 Å². The van der Waals surface area contributed by atoms with E-state index in [4.69, 9.17) is 21.4 Å². The number of nitrogens with zero attached hydrogens (tertiary/aromatic N) is 1. The van der Waals surface area contributed by atoms with Gasteiger partial charge in [0.1, 0.15) is 0 Å². The molecule has 0 amide bonds. The second kappa shape index (κ2) is 10.3. The number of alkyl halides is 1. The Labute approximate surface area is 117 Å². The molecule has 0 spiro atoms. The molecule has 106 valence electrons. The molecule has 10 heteroatoms. The highest BCUT2D eigenvalue weighted by molar-refractivity contribution is 7.33. The van der Waals surface area contributed by atoms with Crippen LogP contribution in [0.15, 0.2) is 30.6 Å². The van der Waals surface area contributed by atoms with Crippen LogP contribution >= 0.6 is 28.1 Å². The van der Waals surface area contributed by atoms with E-state index in [0.717, 1.165) is 0 Å². The van der Waals surface area contributed by atoms with Crippen molar-refractivity contribution >= 4 is 28.1 Å². The van der Waals surface area contributed by atoms with Crippen molar-refractivity contribution in [1.29, 1.82) is 0 Å². The van der Waals surface area contributed by atoms with E-state index in [0.29, 0.717) is 6.04 Å². The number of aromatic nitrogens is 1. The molecule has 0 fully saturated rings. The third kappa shape index (κ3) is 11.0. The largest absolute Gasteiger partial charge is 0.698 e. The Morgan fingerprint density at radius 3 is 1.74 bits per heavy atom. The second-order valence-corrected chi connectivity index (χ2v) is 5.11. The lowest BCUT2D eigenvalue weighted by molar-refractivity contribution is -0.716. The maximum absolute atomic E-state index is 9.78. The van der Waals surface area contributed by atoms with Gasteiger partial charge in [0.15, 0.2) is 18.4 Å². The van der Waals surface area contributed by atoms with Gasteiger partial charge in [-0.2, -0.15) is 0 Å². The smallest absolute Gasteiger partial charge is 0.203 e. The normalized spacial score (nSPS) is 13.4. The quantitative estimate of drug-likeness (QED) is 0.372. The van der Waals surface area contributed by atoms with E-state index in [1.807, 2.05) is 18.2 Å². The number of halogens is 1. The summed E-state index contributed by atoms with van der Waals surface area (Å²) in [5, 5.41) is 0. The molecule has 19 heavy (non-hydrogen) atoms. The number of rotatable bonds is 5. The summed E-state index contributed by atoms with van der Waals surface area (Å²) < 4.78 is 29.4. The molecule has 0 saturated carbocycles. The van der Waals surface area contributed by atoms with Gasteiger partial charge in [-0.3, -0.25) is 0 Å². The zero-order valence-corrected chi connectivity index (χ0v) is 12.8. The molecule has 0 radical (unpaired) electrons. The van der Waals surface area contributed by atoms with Crippen LogP contribution in [0.4, 0.5) is 0 Å². The average Bonchev–Trinajstić information content (AvgIpc) is 2.28. The molecule has 1 aromatic heterocycles. The lowest BCUT2D eigenvalue weighted by Gasteiger charge is -1.96. The van der Waals surface area contributed by atoms with Gasteiger partial charge in [-0.25, -0.2) is 4.57 Å². The van der Waals surface area contributed by atoms with Gasteiger partial charge in [0, 0.05) is 21.3 Å². The van der Waals surface area contributed by atoms with Crippen LogP contribution in [0.25, 0.3) is 0 Å². The molecule has 0 aliphatic carbocycles. The summed E-state index contributed by atoms with van der Waals surface area (Å²) >= 11 is 4.94. The molecule has 0 saturated heterocycles. The maximum atomic E-state index is 9.78. The standard InChI is InChI=1S/C8H12N.CHClO6P2/c1-8(2)9-6-4-3-5-7-9;2-1(7-9(3)4)8-10(5)6/h3-8H,1-2H3;1H/q+1;/p+2. The Kier molecular flexibility index (Phi) is 10.0. The summed E-state index contributed by atoms with van der Waals surface area (Å²) in [5.74, 6) is -1.68. The fourth-order valence-electron chi connectivity index (χ4n) is 0.917. The summed E-state index contributed by atoms with van der Waals surface area (Å²) in [6.07, 6.45) is 4.15. The van der Waals surface area contributed by atoms with E-state index in [1.165, 1.54) is 0 Å². The second-order valence-electron chi connectivity index (χ2n) is 3.38. The van der Waals surface area contributed by atoms with Crippen LogP contribution in [0.3, 0.4) is 0 Å². The highest BCUT2D eigenvalue weighted by atomic mass is 35.5. The lowest BCUT2D eigenvalue weighted by Crippen LogP contribution is -2.34. The van der Waals surface area contributed by atoms with Crippen LogP contribution in [0.1, 0.15) is 19.9 Å². The van der Waals surface area contributed by atoms with E-state index in [1.54, 1.807) is 0 Å². The van der Waals surface area contributed by atoms with Crippen molar-refractivity contribution in [3.63, 3.8) is 0 Å². The first-order chi connectivity index (χ1) is 8.82. The Morgan fingerprint density at radius 2 is 1.47 bits per heavy atom. The molecule has 2 unspecified atom stereocenters. The van der Waals surface area contributed by atoms with Gasteiger partial charge in [-0.15, -0.1) is 9.79 Å². The molecule has 7 nitrogen and oxygen atoms in total. The predicted octanol–water partition coefficient (Wildman–Crippen LogP) is 2.40. The van der Waals surface area contributed by atoms with Crippen LogP contribution in [0, 0.1) is 0 Å². The van der Waals surface area contributed by atoms with Crippen molar-refractivity contribution in [2.75, 3.05) is 0 Å². The molecule has 1 aromatic rings. The molecular weight excluding hydrogens is 316 g/mol. The zero-order chi connectivity index (χ0) is 14.8. The topological polar surface area (TPSA) is 96.9 Å². The molecular formula is C9H15ClNO6P2+3. The Bertz CT molecular complexity index is 389. The van der Waals surface area contributed by atoms with Crippen molar-refractivity contribution in [2.45, 2.75) is 25.6 Å². The Morgan fingerprint density at radius 1 is 1.05 bits per heavy atom. The lowest BCUT2D eigenvalue weighted by atomic mass is 10.3. The first-order valence-electron chi connectivity index (χ1n) is 5.08. The summed E-state index contributed by atoms with van der Waals surface area (Å²) in [6, 6.07) is 6.69. The fourth-order valence-corrected chi connectivity index (χ4v) is 1.76. The van der Waals surface area contributed by atoms with E-state index >= 15 is 0 Å². The Balaban J connectivity index is 0.000000342. The molecule has 2 N–H and O–H groups in total. The summed E-state index contributed by atoms with van der Waals surface area (Å²) in [6.45, 7) is 4.33. The maximum Gasteiger partial charge on any atom is 0.698 e. The molecule has 0 aliphatic heterocycles. The minimum absolute atomic E-state index is 0.575. The first kappa shape index (κ1) is 18.5. The van der Waals surface area contributed by atoms with Crippen molar-refractivity contribution in [3.8, 4) is 0 Å². The number of pyridine rings is 1. The minimum Gasteiger partial charge on any atom is -0.203 e. The predicted molar refractivity (Wildman–Crippen MR) is 68.5 cm³/mol. The molecule has 1 rings (SSSR count). The molecule has 2 atom stereocenters. The highest BCUT2D eigenvalue weighted by Gasteiger charge is 2.30. The SMILES string of the molecule is CC(C)[n+]1ccccc1.O=[P+](O)OC(Cl)O[P+](=O)O. The van der Waals surface area contributed by atoms with Gasteiger partial charge in [0.05, 0.1) is 0 Å². The van der Waals surface area contributed by atoms with Crippen molar-refractivity contribution in [3.05, 3.63) is 30.6 Å². The molecule has 0 bridgehead atoms. The Hall–Kier alpha value is -0.520. The first-order valence-corrected chi connectivity index (χ1v) is 7.78. The minimum atomic E-state index is -2.92. The number of hydrogen-bond acceptors (Lipinski definition) is 4. The zero-order valence-electron chi connectivity index (χ0n) is 10.3.